The third kappa shape index (κ3) is 21.2. The van der Waals surface area contributed by atoms with Crippen LogP contribution in [0, 0.1) is 0 Å². The van der Waals surface area contributed by atoms with Crippen molar-refractivity contribution < 1.29 is 0 Å². The maximum atomic E-state index is 4.00. The molecule has 0 fully saturated rings. The summed E-state index contributed by atoms with van der Waals surface area (Å²) in [4.78, 5) is 0. The van der Waals surface area contributed by atoms with Crippen LogP contribution < -0.4 is 11.7 Å². The minimum atomic E-state index is 1.37. The van der Waals surface area contributed by atoms with Crippen LogP contribution in [-0.2, 0) is 0 Å². The van der Waals surface area contributed by atoms with E-state index in [1.165, 1.54) is 89.9 Å². The van der Waals surface area contributed by atoms with Crippen LogP contribution in [0.25, 0.3) is 0 Å². The quantitative estimate of drug-likeness (QED) is 0.267. The van der Waals surface area contributed by atoms with Gasteiger partial charge in [0.05, 0.1) is 0 Å². The van der Waals surface area contributed by atoms with Crippen LogP contribution >= 0.6 is 0 Å². The van der Waals surface area contributed by atoms with Gasteiger partial charge in [0.2, 0.25) is 0 Å². The van der Waals surface area contributed by atoms with Crippen molar-refractivity contribution in [3.05, 3.63) is 0 Å². The van der Waals surface area contributed by atoms with E-state index in [4.69, 9.17) is 0 Å². The summed E-state index contributed by atoms with van der Waals surface area (Å²) in [6, 6.07) is 0. The van der Waals surface area contributed by atoms with Crippen molar-refractivity contribution in [3.8, 4) is 0 Å². The van der Waals surface area contributed by atoms with E-state index in [9.17, 15) is 0 Å². The first-order valence-corrected chi connectivity index (χ1v) is 8.25. The second-order valence-corrected chi connectivity index (χ2v) is 5.24. The van der Waals surface area contributed by atoms with Crippen molar-refractivity contribution in [2.45, 2.75) is 104 Å². The largest absolute Gasteiger partial charge is 0.274 e. The van der Waals surface area contributed by atoms with Crippen LogP contribution in [0.1, 0.15) is 104 Å². The van der Waals surface area contributed by atoms with Crippen LogP contribution in [0.3, 0.4) is 0 Å². The molecule has 0 aliphatic heterocycles. The molecule has 2 nitrogen and oxygen atoms in total. The van der Waals surface area contributed by atoms with E-state index in [1.807, 2.05) is 0 Å². The van der Waals surface area contributed by atoms with Gasteiger partial charge in [-0.15, -0.1) is 0 Å². The van der Waals surface area contributed by atoms with Crippen molar-refractivity contribution in [2.24, 2.45) is 11.7 Å². The molecule has 0 unspecified atom stereocenters. The van der Waals surface area contributed by atoms with E-state index in [1.54, 1.807) is 0 Å². The molecule has 0 saturated heterocycles. The topological polar surface area (TPSA) is 52.0 Å². The van der Waals surface area contributed by atoms with Gasteiger partial charge in [-0.3, -0.25) is 11.7 Å². The van der Waals surface area contributed by atoms with E-state index in [-0.39, 0.29) is 0 Å². The third-order valence-electron chi connectivity index (χ3n) is 3.46. The van der Waals surface area contributed by atoms with Gasteiger partial charge in [0, 0.05) is 0 Å². The third-order valence-corrected chi connectivity index (χ3v) is 3.46. The highest BCUT2D eigenvalue weighted by Gasteiger charge is 1.92. The summed E-state index contributed by atoms with van der Waals surface area (Å²) >= 11 is 0. The molecule has 2 heteroatoms. The molecule has 0 aromatic heterocycles. The van der Waals surface area contributed by atoms with Gasteiger partial charge in [-0.25, -0.2) is 0 Å². The summed E-state index contributed by atoms with van der Waals surface area (Å²) in [6.07, 6.45) is 20.4. The molecule has 4 N–H and O–H groups in total. The van der Waals surface area contributed by atoms with Crippen molar-refractivity contribution in [1.29, 1.82) is 0 Å². The smallest absolute Gasteiger partial charge is 0.0533 e. The van der Waals surface area contributed by atoms with Gasteiger partial charge in [0.1, 0.15) is 0 Å². The molecule has 0 aromatic carbocycles. The SMILES string of the molecule is CCCCCCCCCCCCCCCC.NN. The Kier molecular flexibility index (Phi) is 24.9. The summed E-state index contributed by atoms with van der Waals surface area (Å²) < 4.78 is 0. The highest BCUT2D eigenvalue weighted by molar-refractivity contribution is 4.48. The average molecular weight is 258 g/mol. The second-order valence-electron chi connectivity index (χ2n) is 5.24. The van der Waals surface area contributed by atoms with Crippen LogP contribution in [0.2, 0.25) is 0 Å². The van der Waals surface area contributed by atoms with Gasteiger partial charge in [0.15, 0.2) is 0 Å². The standard InChI is InChI=1S/C16H34.H4N2/c1-3-5-7-9-11-13-15-16-14-12-10-8-6-4-2;1-2/h3-16H2,1-2H3;1-2H2. The second kappa shape index (κ2) is 22.1. The molecule has 0 saturated carbocycles. The molecular formula is C16H38N2. The first-order chi connectivity index (χ1) is 8.91. The molecule has 0 amide bonds. The molecule has 112 valence electrons. The Bertz CT molecular complexity index is 102. The molecule has 0 heterocycles. The molecule has 0 bridgehead atoms. The highest BCUT2D eigenvalue weighted by Crippen LogP contribution is 2.12. The first kappa shape index (κ1) is 20.2. The van der Waals surface area contributed by atoms with Gasteiger partial charge in [-0.1, -0.05) is 104 Å². The molecule has 0 aliphatic carbocycles. The number of hydrogen-bond donors (Lipinski definition) is 2. The zero-order valence-electron chi connectivity index (χ0n) is 13.1. The fraction of sp³-hybridized carbons (Fsp3) is 1.00. The van der Waals surface area contributed by atoms with Gasteiger partial charge < -0.3 is 0 Å². The number of unbranched alkanes of at least 4 members (excludes halogenated alkanes) is 13. The molecule has 0 atom stereocenters. The van der Waals surface area contributed by atoms with Crippen LogP contribution in [0.4, 0.5) is 0 Å². The fourth-order valence-corrected chi connectivity index (χ4v) is 2.27. The predicted octanol–water partition coefficient (Wildman–Crippen LogP) is 5.31. The minimum absolute atomic E-state index is 1.37. The predicted molar refractivity (Wildman–Crippen MR) is 84.4 cm³/mol. The van der Waals surface area contributed by atoms with Crippen molar-refractivity contribution in [2.75, 3.05) is 0 Å². The maximum absolute atomic E-state index is 4.00. The van der Waals surface area contributed by atoms with Gasteiger partial charge in [-0.05, 0) is 0 Å². The lowest BCUT2D eigenvalue weighted by Gasteiger charge is -2.02. The summed E-state index contributed by atoms with van der Waals surface area (Å²) in [6.45, 7) is 4.58. The number of hydrazine groups is 1. The Hall–Kier alpha value is -0.0800. The Labute approximate surface area is 116 Å². The van der Waals surface area contributed by atoms with Gasteiger partial charge in [0.25, 0.3) is 0 Å². The molecule has 0 radical (unpaired) electrons. The summed E-state index contributed by atoms with van der Waals surface area (Å²) in [7, 11) is 0. The van der Waals surface area contributed by atoms with Gasteiger partial charge >= 0.3 is 0 Å². The van der Waals surface area contributed by atoms with E-state index in [0.717, 1.165) is 0 Å². The fourth-order valence-electron chi connectivity index (χ4n) is 2.27. The molecule has 0 aliphatic rings. The normalized spacial score (nSPS) is 10.0. The Morgan fingerprint density at radius 3 is 0.722 bits per heavy atom. The molecule has 0 aromatic rings. The Morgan fingerprint density at radius 2 is 0.556 bits per heavy atom. The number of hydrogen-bond acceptors (Lipinski definition) is 2. The van der Waals surface area contributed by atoms with E-state index in [0.29, 0.717) is 0 Å². The lowest BCUT2D eigenvalue weighted by atomic mass is 10.0. The van der Waals surface area contributed by atoms with Gasteiger partial charge in [-0.2, -0.15) is 0 Å². The van der Waals surface area contributed by atoms with Crippen molar-refractivity contribution in [3.63, 3.8) is 0 Å². The first-order valence-electron chi connectivity index (χ1n) is 8.25. The van der Waals surface area contributed by atoms with E-state index >= 15 is 0 Å². The maximum Gasteiger partial charge on any atom is -0.0533 e. The number of rotatable bonds is 13. The highest BCUT2D eigenvalue weighted by atomic mass is 15.0. The van der Waals surface area contributed by atoms with E-state index < -0.39 is 0 Å². The average Bonchev–Trinajstić information content (AvgIpc) is 2.42. The lowest BCUT2D eigenvalue weighted by Crippen LogP contribution is -2.02. The summed E-state index contributed by atoms with van der Waals surface area (Å²) in [5, 5.41) is 0. The van der Waals surface area contributed by atoms with E-state index in [2.05, 4.69) is 25.5 Å². The minimum Gasteiger partial charge on any atom is -0.274 e. The zero-order chi connectivity index (χ0) is 13.9. The van der Waals surface area contributed by atoms with Crippen molar-refractivity contribution >= 4 is 0 Å². The Morgan fingerprint density at radius 1 is 0.389 bits per heavy atom. The molecular weight excluding hydrogens is 220 g/mol. The summed E-state index contributed by atoms with van der Waals surface area (Å²) in [5.74, 6) is 8.00. The lowest BCUT2D eigenvalue weighted by molar-refractivity contribution is 0.538. The van der Waals surface area contributed by atoms with Crippen LogP contribution in [0.5, 0.6) is 0 Å². The summed E-state index contributed by atoms with van der Waals surface area (Å²) in [5.41, 5.74) is 0. The molecule has 18 heavy (non-hydrogen) atoms. The van der Waals surface area contributed by atoms with Crippen molar-refractivity contribution in [1.82, 2.24) is 0 Å². The zero-order valence-corrected chi connectivity index (χ0v) is 13.1. The monoisotopic (exact) mass is 258 g/mol. The van der Waals surface area contributed by atoms with Crippen LogP contribution in [0.15, 0.2) is 0 Å². The number of nitrogens with two attached hydrogens (primary N) is 2. The Balaban J connectivity index is 0. The molecule has 0 spiro atoms. The van der Waals surface area contributed by atoms with Crippen LogP contribution in [-0.4, -0.2) is 0 Å². The molecule has 0 rings (SSSR count).